The minimum atomic E-state index is 0.0634. The van der Waals surface area contributed by atoms with Crippen LogP contribution in [0, 0.1) is 4.77 Å². The van der Waals surface area contributed by atoms with Crippen molar-refractivity contribution >= 4 is 35.8 Å². The van der Waals surface area contributed by atoms with Crippen molar-refractivity contribution in [3.05, 3.63) is 64.6 Å². The number of hydrogen-bond acceptors (Lipinski definition) is 4. The SMILES string of the molecule is COc1ccc2c(c1)/C(=C/c1[nH]c(=S)n(-c3ccccc3)c1O)C=N2. The quantitative estimate of drug-likeness (QED) is 0.684. The van der Waals surface area contributed by atoms with Gasteiger partial charge in [-0.1, -0.05) is 18.2 Å². The summed E-state index contributed by atoms with van der Waals surface area (Å²) in [5, 5.41) is 10.6. The zero-order chi connectivity index (χ0) is 17.4. The van der Waals surface area contributed by atoms with Gasteiger partial charge in [0, 0.05) is 17.4 Å². The van der Waals surface area contributed by atoms with E-state index in [1.165, 1.54) is 0 Å². The number of fused-ring (bicyclic) bond motifs is 1. The summed E-state index contributed by atoms with van der Waals surface area (Å²) in [4.78, 5) is 7.45. The third-order valence-electron chi connectivity index (χ3n) is 4.07. The lowest BCUT2D eigenvalue weighted by Crippen LogP contribution is -1.92. The van der Waals surface area contributed by atoms with Crippen molar-refractivity contribution in [2.45, 2.75) is 0 Å². The van der Waals surface area contributed by atoms with Crippen LogP contribution in [0.25, 0.3) is 17.3 Å². The largest absolute Gasteiger partial charge is 0.497 e. The molecule has 1 aliphatic heterocycles. The first-order chi connectivity index (χ1) is 12.2. The van der Waals surface area contributed by atoms with E-state index in [1.54, 1.807) is 17.9 Å². The molecule has 6 heteroatoms. The Kier molecular flexibility index (Phi) is 3.74. The van der Waals surface area contributed by atoms with Crippen molar-refractivity contribution in [3.63, 3.8) is 0 Å². The maximum Gasteiger partial charge on any atom is 0.222 e. The summed E-state index contributed by atoms with van der Waals surface area (Å²) in [7, 11) is 1.63. The summed E-state index contributed by atoms with van der Waals surface area (Å²) in [5.41, 5.74) is 4.03. The molecule has 4 rings (SSSR count). The number of imidazole rings is 1. The molecule has 3 aromatic rings. The van der Waals surface area contributed by atoms with E-state index in [0.29, 0.717) is 10.5 Å². The molecule has 0 unspecified atom stereocenters. The Morgan fingerprint density at radius 2 is 2.00 bits per heavy atom. The normalized spacial score (nSPS) is 14.0. The number of methoxy groups -OCH3 is 1. The van der Waals surface area contributed by atoms with Crippen LogP contribution in [0.15, 0.2) is 53.5 Å². The number of aliphatic imine (C=N–C) groups is 1. The minimum Gasteiger partial charge on any atom is -0.497 e. The molecule has 5 nitrogen and oxygen atoms in total. The Morgan fingerprint density at radius 1 is 1.20 bits per heavy atom. The Bertz CT molecular complexity index is 1060. The number of ether oxygens (including phenoxy) is 1. The van der Waals surface area contributed by atoms with Gasteiger partial charge in [-0.05, 0) is 48.6 Å². The van der Waals surface area contributed by atoms with Crippen molar-refractivity contribution in [3.8, 4) is 17.3 Å². The monoisotopic (exact) mass is 349 g/mol. The van der Waals surface area contributed by atoms with Crippen molar-refractivity contribution in [2.24, 2.45) is 4.99 Å². The van der Waals surface area contributed by atoms with Gasteiger partial charge in [0.25, 0.3) is 0 Å². The summed E-state index contributed by atoms with van der Waals surface area (Å²) in [6, 6.07) is 15.2. The molecule has 2 heterocycles. The molecule has 1 aromatic heterocycles. The fourth-order valence-corrected chi connectivity index (χ4v) is 3.13. The standard InChI is InChI=1S/C19H15N3O2S/c1-24-14-7-8-16-15(10-14)12(11-20-16)9-17-18(23)22(19(25)21-17)13-5-3-2-4-6-13/h2-11,23H,1H3,(H,21,25)/b12-9+. The van der Waals surface area contributed by atoms with Gasteiger partial charge in [0.2, 0.25) is 5.88 Å². The molecule has 0 bridgehead atoms. The van der Waals surface area contributed by atoms with Crippen LogP contribution in [0.3, 0.4) is 0 Å². The van der Waals surface area contributed by atoms with Crippen LogP contribution in [0.2, 0.25) is 0 Å². The second-order valence-electron chi connectivity index (χ2n) is 5.58. The number of hydrogen-bond donors (Lipinski definition) is 2. The highest BCUT2D eigenvalue weighted by Crippen LogP contribution is 2.36. The van der Waals surface area contributed by atoms with Crippen LogP contribution < -0.4 is 4.74 Å². The number of para-hydroxylation sites is 1. The first kappa shape index (κ1) is 15.4. The molecule has 0 radical (unpaired) electrons. The molecular formula is C19H15N3O2S. The van der Waals surface area contributed by atoms with E-state index in [-0.39, 0.29) is 5.88 Å². The molecular weight excluding hydrogens is 334 g/mol. The predicted molar refractivity (Wildman–Crippen MR) is 102 cm³/mol. The lowest BCUT2D eigenvalue weighted by molar-refractivity contribution is 0.415. The highest BCUT2D eigenvalue weighted by atomic mass is 32.1. The Morgan fingerprint density at radius 3 is 2.76 bits per heavy atom. The molecule has 0 atom stereocenters. The highest BCUT2D eigenvalue weighted by Gasteiger charge is 2.16. The lowest BCUT2D eigenvalue weighted by Gasteiger charge is -2.04. The molecule has 0 spiro atoms. The van der Waals surface area contributed by atoms with Crippen LogP contribution in [-0.4, -0.2) is 28.0 Å². The Hall–Kier alpha value is -3.12. The molecule has 0 saturated heterocycles. The molecule has 124 valence electrons. The van der Waals surface area contributed by atoms with Crippen LogP contribution in [0.5, 0.6) is 11.6 Å². The number of nitrogens with zero attached hydrogens (tertiary/aromatic N) is 2. The first-order valence-corrected chi connectivity index (χ1v) is 8.12. The van der Waals surface area contributed by atoms with Gasteiger partial charge < -0.3 is 14.8 Å². The number of benzene rings is 2. The summed E-state index contributed by atoms with van der Waals surface area (Å²) >= 11 is 5.37. The summed E-state index contributed by atoms with van der Waals surface area (Å²) < 4.78 is 7.31. The number of aromatic nitrogens is 2. The van der Waals surface area contributed by atoms with Gasteiger partial charge in [0.15, 0.2) is 4.77 Å². The van der Waals surface area contributed by atoms with Gasteiger partial charge in [0.05, 0.1) is 18.5 Å². The van der Waals surface area contributed by atoms with E-state index in [0.717, 1.165) is 28.3 Å². The molecule has 0 saturated carbocycles. The van der Waals surface area contributed by atoms with Crippen molar-refractivity contribution in [1.82, 2.24) is 9.55 Å². The first-order valence-electron chi connectivity index (χ1n) is 7.71. The number of aromatic amines is 1. The number of nitrogens with one attached hydrogen (secondary N) is 1. The van der Waals surface area contributed by atoms with Crippen molar-refractivity contribution in [2.75, 3.05) is 7.11 Å². The maximum atomic E-state index is 10.6. The van der Waals surface area contributed by atoms with E-state index in [1.807, 2.05) is 54.6 Å². The molecule has 2 N–H and O–H groups in total. The topological polar surface area (TPSA) is 62.5 Å². The van der Waals surface area contributed by atoms with Gasteiger partial charge in [-0.25, -0.2) is 0 Å². The number of allylic oxidation sites excluding steroid dienone is 1. The second kappa shape index (κ2) is 6.07. The summed E-state index contributed by atoms with van der Waals surface area (Å²) in [6.07, 6.45) is 3.60. The van der Waals surface area contributed by atoms with E-state index < -0.39 is 0 Å². The number of H-pyrrole nitrogens is 1. The zero-order valence-corrected chi connectivity index (χ0v) is 14.2. The van der Waals surface area contributed by atoms with E-state index >= 15 is 0 Å². The molecule has 1 aliphatic rings. The Balaban J connectivity index is 1.80. The van der Waals surface area contributed by atoms with E-state index in [4.69, 9.17) is 17.0 Å². The van der Waals surface area contributed by atoms with Gasteiger partial charge in [-0.15, -0.1) is 0 Å². The second-order valence-corrected chi connectivity index (χ2v) is 5.97. The number of aromatic hydroxyl groups is 1. The lowest BCUT2D eigenvalue weighted by atomic mass is 10.1. The van der Waals surface area contributed by atoms with E-state index in [9.17, 15) is 5.11 Å². The smallest absolute Gasteiger partial charge is 0.222 e. The average molecular weight is 349 g/mol. The summed E-state index contributed by atoms with van der Waals surface area (Å²) in [5.74, 6) is 0.822. The third-order valence-corrected chi connectivity index (χ3v) is 4.35. The van der Waals surface area contributed by atoms with Gasteiger partial charge in [0.1, 0.15) is 11.4 Å². The van der Waals surface area contributed by atoms with Crippen LogP contribution in [-0.2, 0) is 0 Å². The fraction of sp³-hybridized carbons (Fsp3) is 0.0526. The summed E-state index contributed by atoms with van der Waals surface area (Å²) in [6.45, 7) is 0. The molecule has 0 amide bonds. The molecule has 0 fully saturated rings. The number of rotatable bonds is 3. The Labute approximate surface area is 149 Å². The molecule has 0 aliphatic carbocycles. The van der Waals surface area contributed by atoms with Crippen molar-refractivity contribution < 1.29 is 9.84 Å². The molecule has 2 aromatic carbocycles. The van der Waals surface area contributed by atoms with Crippen molar-refractivity contribution in [1.29, 1.82) is 0 Å². The van der Waals surface area contributed by atoms with Gasteiger partial charge >= 0.3 is 0 Å². The van der Waals surface area contributed by atoms with E-state index in [2.05, 4.69) is 9.98 Å². The maximum absolute atomic E-state index is 10.6. The zero-order valence-electron chi connectivity index (χ0n) is 13.4. The molecule has 25 heavy (non-hydrogen) atoms. The van der Waals surface area contributed by atoms with Crippen LogP contribution in [0.4, 0.5) is 5.69 Å². The van der Waals surface area contributed by atoms with Crippen LogP contribution in [0.1, 0.15) is 11.3 Å². The minimum absolute atomic E-state index is 0.0634. The van der Waals surface area contributed by atoms with Gasteiger partial charge in [-0.2, -0.15) is 0 Å². The third kappa shape index (κ3) is 2.66. The highest BCUT2D eigenvalue weighted by molar-refractivity contribution is 7.71. The fourth-order valence-electron chi connectivity index (χ4n) is 2.83. The predicted octanol–water partition coefficient (Wildman–Crippen LogP) is 4.51. The van der Waals surface area contributed by atoms with Gasteiger partial charge in [-0.3, -0.25) is 9.56 Å². The average Bonchev–Trinajstić information content (AvgIpc) is 3.16. The van der Waals surface area contributed by atoms with Crippen LogP contribution >= 0.6 is 12.2 Å².